The fourth-order valence-corrected chi connectivity index (χ4v) is 0.927. The van der Waals surface area contributed by atoms with Crippen LogP contribution in [-0.2, 0) is 0 Å². The highest BCUT2D eigenvalue weighted by molar-refractivity contribution is 5.35. The first-order valence-electron chi connectivity index (χ1n) is 2.83. The summed E-state index contributed by atoms with van der Waals surface area (Å²) in [6, 6.07) is 0.0895. The smallest absolute Gasteiger partial charge is 0.365 e. The van der Waals surface area contributed by atoms with Crippen molar-refractivity contribution in [3.8, 4) is 6.07 Å². The third kappa shape index (κ3) is 0.622. The van der Waals surface area contributed by atoms with Crippen molar-refractivity contribution >= 4 is 0 Å². The molecule has 1 saturated carbocycles. The van der Waals surface area contributed by atoms with Gasteiger partial charge in [0.2, 0.25) is 0 Å². The molecule has 1 rings (SSSR count). The maximum absolute atomic E-state index is 12.2. The monoisotopic (exact) mass is 205 g/mol. The lowest BCUT2D eigenvalue weighted by Crippen LogP contribution is -2.85. The molecule has 0 aromatic carbocycles. The molecule has 0 aromatic rings. The van der Waals surface area contributed by atoms with E-state index in [1.165, 1.54) is 0 Å². The zero-order valence-electron chi connectivity index (χ0n) is 5.66. The van der Waals surface area contributed by atoms with Gasteiger partial charge in [0.25, 0.3) is 5.60 Å². The van der Waals surface area contributed by atoms with Gasteiger partial charge in [-0.1, -0.05) is 0 Å². The van der Waals surface area contributed by atoms with Crippen LogP contribution in [-0.4, -0.2) is 28.5 Å². The Hall–Kier alpha value is -0.970. The molecule has 1 aliphatic carbocycles. The second-order valence-corrected chi connectivity index (χ2v) is 2.55. The number of hydrogen-bond donors (Lipinski definition) is 1. The number of halogens is 6. The molecule has 1 N–H and O–H groups in total. The predicted molar refractivity (Wildman–Crippen MR) is 25.4 cm³/mol. The number of alkyl halides is 6. The quantitative estimate of drug-likeness (QED) is 0.476. The molecule has 0 saturated heterocycles. The fourth-order valence-electron chi connectivity index (χ4n) is 0.927. The molecule has 0 aliphatic heterocycles. The summed E-state index contributed by atoms with van der Waals surface area (Å²) in [6.45, 7) is 0. The molecule has 0 aromatic heterocycles. The van der Waals surface area contributed by atoms with E-state index in [0.29, 0.717) is 0 Å². The normalized spacial score (nSPS) is 31.5. The lowest BCUT2D eigenvalue weighted by atomic mass is 9.69. The van der Waals surface area contributed by atoms with E-state index in [4.69, 9.17) is 10.4 Å². The van der Waals surface area contributed by atoms with E-state index >= 15 is 0 Å². The zero-order valence-corrected chi connectivity index (χ0v) is 5.66. The van der Waals surface area contributed by atoms with Gasteiger partial charge in [-0.25, -0.2) is 0 Å². The van der Waals surface area contributed by atoms with Gasteiger partial charge in [0.1, 0.15) is 6.07 Å². The van der Waals surface area contributed by atoms with E-state index in [0.717, 1.165) is 0 Å². The van der Waals surface area contributed by atoms with Crippen molar-refractivity contribution in [1.29, 1.82) is 5.26 Å². The molecule has 74 valence electrons. The number of nitrogens with zero attached hydrogens (tertiary/aromatic N) is 1. The van der Waals surface area contributed by atoms with Gasteiger partial charge >= 0.3 is 17.8 Å². The maximum Gasteiger partial charge on any atom is 0.380 e. The average Bonchev–Trinajstić information content (AvgIpc) is 2.00. The summed E-state index contributed by atoms with van der Waals surface area (Å²) in [5.41, 5.74) is -4.62. The molecule has 0 spiro atoms. The number of rotatable bonds is 0. The van der Waals surface area contributed by atoms with Crippen molar-refractivity contribution in [3.05, 3.63) is 0 Å². The Balaban J connectivity index is 3.28. The highest BCUT2D eigenvalue weighted by Crippen LogP contribution is 2.66. The highest BCUT2D eigenvalue weighted by Gasteiger charge is 2.99. The Labute approximate surface area is 67.4 Å². The molecule has 1 fully saturated rings. The van der Waals surface area contributed by atoms with Gasteiger partial charge < -0.3 is 5.11 Å². The van der Waals surface area contributed by atoms with E-state index in [1.807, 2.05) is 0 Å². The zero-order chi connectivity index (χ0) is 10.7. The summed E-state index contributed by atoms with van der Waals surface area (Å²) >= 11 is 0. The van der Waals surface area contributed by atoms with Crippen LogP contribution in [0, 0.1) is 11.3 Å². The largest absolute Gasteiger partial charge is 0.380 e. The molecule has 0 radical (unpaired) electrons. The van der Waals surface area contributed by atoms with Crippen LogP contribution in [0.15, 0.2) is 0 Å². The second-order valence-electron chi connectivity index (χ2n) is 2.55. The van der Waals surface area contributed by atoms with E-state index in [1.54, 1.807) is 0 Å². The first kappa shape index (κ1) is 10.1. The summed E-state index contributed by atoms with van der Waals surface area (Å²) in [6.07, 6.45) is 0. The minimum Gasteiger partial charge on any atom is -0.365 e. The topological polar surface area (TPSA) is 44.0 Å². The molecule has 13 heavy (non-hydrogen) atoms. The third-order valence-electron chi connectivity index (χ3n) is 1.86. The van der Waals surface area contributed by atoms with Crippen LogP contribution >= 0.6 is 0 Å². The van der Waals surface area contributed by atoms with Gasteiger partial charge in [-0.3, -0.25) is 0 Å². The first-order valence-corrected chi connectivity index (χ1v) is 2.83. The SMILES string of the molecule is N#CC1(O)C(F)(F)C(F)(F)C1(F)F. The van der Waals surface area contributed by atoms with Crippen LogP contribution in [0.3, 0.4) is 0 Å². The molecule has 0 atom stereocenters. The Morgan fingerprint density at radius 1 is 0.846 bits per heavy atom. The summed E-state index contributed by atoms with van der Waals surface area (Å²) in [5.74, 6) is -16.6. The van der Waals surface area contributed by atoms with Crippen LogP contribution in [0.25, 0.3) is 0 Å². The Morgan fingerprint density at radius 2 is 1.15 bits per heavy atom. The van der Waals surface area contributed by atoms with E-state index in [-0.39, 0.29) is 6.07 Å². The van der Waals surface area contributed by atoms with Crippen molar-refractivity contribution in [2.24, 2.45) is 0 Å². The van der Waals surface area contributed by atoms with Gasteiger partial charge in [0.05, 0.1) is 0 Å². The van der Waals surface area contributed by atoms with Crippen LogP contribution in [0.2, 0.25) is 0 Å². The van der Waals surface area contributed by atoms with E-state index in [9.17, 15) is 26.3 Å². The van der Waals surface area contributed by atoms with E-state index < -0.39 is 23.4 Å². The number of hydrogen-bond acceptors (Lipinski definition) is 2. The van der Waals surface area contributed by atoms with Crippen LogP contribution in [0.5, 0.6) is 0 Å². The van der Waals surface area contributed by atoms with Crippen LogP contribution < -0.4 is 0 Å². The van der Waals surface area contributed by atoms with E-state index in [2.05, 4.69) is 0 Å². The number of aliphatic hydroxyl groups is 1. The van der Waals surface area contributed by atoms with Gasteiger partial charge in [-0.15, -0.1) is 0 Å². The summed E-state index contributed by atoms with van der Waals surface area (Å²) in [7, 11) is 0. The lowest BCUT2D eigenvalue weighted by Gasteiger charge is -2.51. The standard InChI is InChI=1S/C5HF6NO/c6-3(7)2(13,1-12)4(8,9)5(3,10)11/h13H. The second kappa shape index (κ2) is 1.92. The fraction of sp³-hybridized carbons (Fsp3) is 0.800. The maximum atomic E-state index is 12.2. The van der Waals surface area contributed by atoms with Gasteiger partial charge in [-0.2, -0.15) is 31.6 Å². The summed E-state index contributed by atoms with van der Waals surface area (Å²) in [5, 5.41) is 16.0. The van der Waals surface area contributed by atoms with Crippen molar-refractivity contribution in [2.45, 2.75) is 23.4 Å². The molecule has 0 heterocycles. The van der Waals surface area contributed by atoms with Crippen molar-refractivity contribution in [3.63, 3.8) is 0 Å². The number of nitriles is 1. The first-order chi connectivity index (χ1) is 5.56. The molecular weight excluding hydrogens is 204 g/mol. The lowest BCUT2D eigenvalue weighted by molar-refractivity contribution is -0.473. The van der Waals surface area contributed by atoms with Crippen LogP contribution in [0.1, 0.15) is 0 Å². The Kier molecular flexibility index (Phi) is 1.49. The average molecular weight is 205 g/mol. The molecule has 0 bridgehead atoms. The Bertz CT molecular complexity index is 274. The van der Waals surface area contributed by atoms with Crippen molar-refractivity contribution in [1.82, 2.24) is 0 Å². The summed E-state index contributed by atoms with van der Waals surface area (Å²) in [4.78, 5) is 0. The molecule has 0 amide bonds. The minimum absolute atomic E-state index is 0.0895. The third-order valence-corrected chi connectivity index (χ3v) is 1.86. The van der Waals surface area contributed by atoms with Crippen molar-refractivity contribution in [2.75, 3.05) is 0 Å². The Morgan fingerprint density at radius 3 is 1.31 bits per heavy atom. The molecule has 8 heteroatoms. The van der Waals surface area contributed by atoms with Crippen molar-refractivity contribution < 1.29 is 31.4 Å². The molecule has 2 nitrogen and oxygen atoms in total. The predicted octanol–water partition coefficient (Wildman–Crippen LogP) is 1.16. The summed E-state index contributed by atoms with van der Waals surface area (Å²) < 4.78 is 72.6. The van der Waals surface area contributed by atoms with Gasteiger partial charge in [0.15, 0.2) is 0 Å². The van der Waals surface area contributed by atoms with Crippen LogP contribution in [0.4, 0.5) is 26.3 Å². The van der Waals surface area contributed by atoms with Gasteiger partial charge in [-0.05, 0) is 0 Å². The van der Waals surface area contributed by atoms with Gasteiger partial charge in [0, 0.05) is 0 Å². The minimum atomic E-state index is -5.69. The highest BCUT2D eigenvalue weighted by atomic mass is 19.4. The molecule has 1 aliphatic rings. The molecule has 0 unspecified atom stereocenters. The molecular formula is C5HF6NO.